The monoisotopic (exact) mass is 244 g/mol. The summed E-state index contributed by atoms with van der Waals surface area (Å²) in [5, 5.41) is 8.95. The van der Waals surface area contributed by atoms with Gasteiger partial charge in [-0.15, -0.1) is 0 Å². The predicted octanol–water partition coefficient (Wildman–Crippen LogP) is 2.67. The van der Waals surface area contributed by atoms with Crippen LogP contribution in [0.25, 0.3) is 0 Å². The molecular formula is C14H20N4. The highest BCUT2D eigenvalue weighted by Crippen LogP contribution is 2.34. The van der Waals surface area contributed by atoms with Crippen molar-refractivity contribution in [3.63, 3.8) is 0 Å². The molecule has 0 unspecified atom stereocenters. The Morgan fingerprint density at radius 3 is 2.61 bits per heavy atom. The quantitative estimate of drug-likeness (QED) is 0.802. The molecule has 0 saturated carbocycles. The summed E-state index contributed by atoms with van der Waals surface area (Å²) in [4.78, 5) is 10.9. The lowest BCUT2D eigenvalue weighted by Crippen LogP contribution is -2.39. The Hall–Kier alpha value is -1.63. The molecule has 0 spiro atoms. The van der Waals surface area contributed by atoms with Gasteiger partial charge in [0, 0.05) is 18.8 Å². The van der Waals surface area contributed by atoms with Crippen LogP contribution in [0.15, 0.2) is 6.07 Å². The fourth-order valence-corrected chi connectivity index (χ4v) is 2.35. The molecule has 0 atom stereocenters. The van der Waals surface area contributed by atoms with Gasteiger partial charge >= 0.3 is 0 Å². The van der Waals surface area contributed by atoms with Crippen molar-refractivity contribution in [2.45, 2.75) is 40.0 Å². The molecule has 2 heterocycles. The topological polar surface area (TPSA) is 52.8 Å². The minimum atomic E-state index is 0.457. The molecule has 0 radical (unpaired) electrons. The van der Waals surface area contributed by atoms with E-state index in [4.69, 9.17) is 5.26 Å². The maximum Gasteiger partial charge on any atom is 0.226 e. The molecule has 1 aromatic rings. The van der Waals surface area contributed by atoms with Crippen molar-refractivity contribution < 1.29 is 0 Å². The number of aryl methyl sites for hydroxylation is 1. The van der Waals surface area contributed by atoms with E-state index in [-0.39, 0.29) is 0 Å². The Balaban J connectivity index is 2.15. The summed E-state index contributed by atoms with van der Waals surface area (Å²) in [5.41, 5.74) is 1.78. The second kappa shape index (κ2) is 4.93. The van der Waals surface area contributed by atoms with Crippen molar-refractivity contribution in [2.75, 3.05) is 18.0 Å². The maximum atomic E-state index is 8.95. The first kappa shape index (κ1) is 12.8. The Bertz CT molecular complexity index is 467. The average Bonchev–Trinajstić information content (AvgIpc) is 2.39. The number of anilines is 1. The second-order valence-corrected chi connectivity index (χ2v) is 5.46. The first-order valence-corrected chi connectivity index (χ1v) is 6.57. The lowest BCUT2D eigenvalue weighted by Gasteiger charge is -2.38. The second-order valence-electron chi connectivity index (χ2n) is 5.46. The van der Waals surface area contributed by atoms with Gasteiger partial charge in [-0.2, -0.15) is 5.26 Å². The highest BCUT2D eigenvalue weighted by Gasteiger charge is 2.29. The van der Waals surface area contributed by atoms with Gasteiger partial charge in [0.2, 0.25) is 5.95 Å². The smallest absolute Gasteiger partial charge is 0.226 e. The third-order valence-corrected chi connectivity index (χ3v) is 4.06. The van der Waals surface area contributed by atoms with Gasteiger partial charge in [0.25, 0.3) is 0 Å². The molecule has 1 aliphatic rings. The van der Waals surface area contributed by atoms with E-state index in [1.54, 1.807) is 6.07 Å². The summed E-state index contributed by atoms with van der Waals surface area (Å²) in [7, 11) is 0. The Morgan fingerprint density at radius 2 is 2.06 bits per heavy atom. The molecular weight excluding hydrogens is 224 g/mol. The zero-order valence-corrected chi connectivity index (χ0v) is 11.4. The summed E-state index contributed by atoms with van der Waals surface area (Å²) < 4.78 is 0. The van der Waals surface area contributed by atoms with Crippen LogP contribution in [-0.4, -0.2) is 23.1 Å². The first-order chi connectivity index (χ1) is 8.56. The maximum absolute atomic E-state index is 8.95. The van der Waals surface area contributed by atoms with Crippen molar-refractivity contribution >= 4 is 5.95 Å². The number of hydrogen-bond donors (Lipinski definition) is 0. The molecule has 1 aromatic heterocycles. The fraction of sp³-hybridized carbons (Fsp3) is 0.643. The summed E-state index contributed by atoms with van der Waals surface area (Å²) in [6, 6.07) is 3.82. The summed E-state index contributed by atoms with van der Waals surface area (Å²) in [5.74, 6) is 0.713. The van der Waals surface area contributed by atoms with Crippen molar-refractivity contribution in [1.82, 2.24) is 9.97 Å². The average molecular weight is 244 g/mol. The lowest BCUT2D eigenvalue weighted by molar-refractivity contribution is 0.237. The fourth-order valence-electron chi connectivity index (χ4n) is 2.35. The normalized spacial score (nSPS) is 18.4. The van der Waals surface area contributed by atoms with Gasteiger partial charge < -0.3 is 4.90 Å². The van der Waals surface area contributed by atoms with Crippen molar-refractivity contribution in [1.29, 1.82) is 5.26 Å². The van der Waals surface area contributed by atoms with Crippen molar-refractivity contribution in [3.8, 4) is 6.07 Å². The summed E-state index contributed by atoms with van der Waals surface area (Å²) >= 11 is 0. The van der Waals surface area contributed by atoms with Gasteiger partial charge in [-0.25, -0.2) is 9.97 Å². The third kappa shape index (κ3) is 2.61. The first-order valence-electron chi connectivity index (χ1n) is 6.57. The molecule has 4 heteroatoms. The van der Waals surface area contributed by atoms with Crippen LogP contribution in [0.3, 0.4) is 0 Å². The van der Waals surface area contributed by atoms with Crippen LogP contribution in [0.4, 0.5) is 5.95 Å². The van der Waals surface area contributed by atoms with Gasteiger partial charge in [-0.3, -0.25) is 0 Å². The standard InChI is InChI=1S/C14H20N4/c1-4-14(3)5-7-18(8-6-14)13-16-11(2)9-12(10-15)17-13/h9H,4-8H2,1-3H3. The van der Waals surface area contributed by atoms with E-state index in [1.165, 1.54) is 19.3 Å². The number of nitrogens with zero attached hydrogens (tertiary/aromatic N) is 4. The van der Waals surface area contributed by atoms with E-state index < -0.39 is 0 Å². The summed E-state index contributed by atoms with van der Waals surface area (Å²) in [6.07, 6.45) is 3.56. The van der Waals surface area contributed by atoms with Crippen LogP contribution in [0.1, 0.15) is 44.5 Å². The zero-order chi connectivity index (χ0) is 13.2. The van der Waals surface area contributed by atoms with E-state index in [1.807, 2.05) is 6.92 Å². The van der Waals surface area contributed by atoms with E-state index in [0.29, 0.717) is 17.1 Å². The number of nitriles is 1. The van der Waals surface area contributed by atoms with E-state index >= 15 is 0 Å². The highest BCUT2D eigenvalue weighted by molar-refractivity contribution is 5.36. The van der Waals surface area contributed by atoms with Crippen LogP contribution >= 0.6 is 0 Å². The molecule has 2 rings (SSSR count). The Labute approximate surface area is 109 Å². The van der Waals surface area contributed by atoms with Crippen molar-refractivity contribution in [2.24, 2.45) is 5.41 Å². The van der Waals surface area contributed by atoms with E-state index in [9.17, 15) is 0 Å². The number of hydrogen-bond acceptors (Lipinski definition) is 4. The van der Waals surface area contributed by atoms with Gasteiger partial charge in [-0.05, 0) is 31.2 Å². The van der Waals surface area contributed by atoms with Crippen LogP contribution in [0, 0.1) is 23.7 Å². The molecule has 0 bridgehead atoms. The van der Waals surface area contributed by atoms with Crippen LogP contribution in [0.5, 0.6) is 0 Å². The highest BCUT2D eigenvalue weighted by atomic mass is 15.3. The lowest BCUT2D eigenvalue weighted by atomic mass is 9.78. The van der Waals surface area contributed by atoms with Gasteiger partial charge in [0.1, 0.15) is 11.8 Å². The third-order valence-electron chi connectivity index (χ3n) is 4.06. The summed E-state index contributed by atoms with van der Waals surface area (Å²) in [6.45, 7) is 8.48. The molecule has 96 valence electrons. The van der Waals surface area contributed by atoms with Crippen LogP contribution in [0.2, 0.25) is 0 Å². The number of aromatic nitrogens is 2. The van der Waals surface area contributed by atoms with Crippen LogP contribution < -0.4 is 4.90 Å². The molecule has 1 fully saturated rings. The molecule has 0 amide bonds. The largest absolute Gasteiger partial charge is 0.341 e. The molecule has 4 nitrogen and oxygen atoms in total. The SMILES string of the molecule is CCC1(C)CCN(c2nc(C)cc(C#N)n2)CC1. The van der Waals surface area contributed by atoms with E-state index in [2.05, 4.69) is 34.8 Å². The minimum absolute atomic E-state index is 0.457. The molecule has 0 aromatic carbocycles. The van der Waals surface area contributed by atoms with Crippen LogP contribution in [-0.2, 0) is 0 Å². The number of rotatable bonds is 2. The molecule has 0 aliphatic carbocycles. The van der Waals surface area contributed by atoms with Gasteiger partial charge in [-0.1, -0.05) is 20.3 Å². The zero-order valence-electron chi connectivity index (χ0n) is 11.4. The Morgan fingerprint density at radius 1 is 1.39 bits per heavy atom. The van der Waals surface area contributed by atoms with Crippen molar-refractivity contribution in [3.05, 3.63) is 17.5 Å². The molecule has 0 N–H and O–H groups in total. The van der Waals surface area contributed by atoms with Gasteiger partial charge in [0.05, 0.1) is 0 Å². The molecule has 1 saturated heterocycles. The van der Waals surface area contributed by atoms with E-state index in [0.717, 1.165) is 18.8 Å². The number of piperidine rings is 1. The Kier molecular flexibility index (Phi) is 3.51. The molecule has 1 aliphatic heterocycles. The predicted molar refractivity (Wildman–Crippen MR) is 71.3 cm³/mol. The van der Waals surface area contributed by atoms with Gasteiger partial charge in [0.15, 0.2) is 0 Å². The minimum Gasteiger partial charge on any atom is -0.341 e. The molecule has 18 heavy (non-hydrogen) atoms.